The van der Waals surface area contributed by atoms with Gasteiger partial charge in [-0.15, -0.1) is 11.3 Å². The lowest BCUT2D eigenvalue weighted by molar-refractivity contribution is 0.0373. The third-order valence-corrected chi connectivity index (χ3v) is 4.27. The highest BCUT2D eigenvalue weighted by atomic mass is 32.1. The molecule has 0 saturated heterocycles. The van der Waals surface area contributed by atoms with Crippen LogP contribution in [-0.4, -0.2) is 42.0 Å². The summed E-state index contributed by atoms with van der Waals surface area (Å²) >= 11 is 1.66. The molecule has 0 saturated carbocycles. The molecule has 4 nitrogen and oxygen atoms in total. The number of nitrogens with one attached hydrogen (secondary N) is 1. The van der Waals surface area contributed by atoms with Crippen LogP contribution in [0.2, 0.25) is 0 Å². The van der Waals surface area contributed by atoms with Crippen molar-refractivity contribution in [3.05, 3.63) is 28.2 Å². The second-order valence-electron chi connectivity index (χ2n) is 4.89. The number of aliphatic hydroxyl groups excluding tert-OH is 1. The molecule has 1 aromatic rings. The van der Waals surface area contributed by atoms with Gasteiger partial charge in [-0.25, -0.2) is 4.98 Å². The van der Waals surface area contributed by atoms with Gasteiger partial charge in [-0.3, -0.25) is 0 Å². The molecular formula is C14H22N2O2S. The molecule has 0 aliphatic heterocycles. The summed E-state index contributed by atoms with van der Waals surface area (Å²) in [4.78, 5) is 5.47. The van der Waals surface area contributed by atoms with Crippen LogP contribution in [0.1, 0.15) is 23.4 Å². The minimum Gasteiger partial charge on any atom is -0.389 e. The van der Waals surface area contributed by atoms with Crippen molar-refractivity contribution in [2.45, 2.75) is 38.3 Å². The van der Waals surface area contributed by atoms with E-state index in [4.69, 9.17) is 4.74 Å². The highest BCUT2D eigenvalue weighted by Crippen LogP contribution is 2.12. The molecule has 0 radical (unpaired) electrons. The molecule has 1 atom stereocenters. The topological polar surface area (TPSA) is 54.4 Å². The van der Waals surface area contributed by atoms with Gasteiger partial charge < -0.3 is 15.2 Å². The molecule has 19 heavy (non-hydrogen) atoms. The molecule has 1 heterocycles. The molecule has 0 bridgehead atoms. The van der Waals surface area contributed by atoms with Gasteiger partial charge in [0, 0.05) is 23.9 Å². The Bertz CT molecular complexity index is 398. The summed E-state index contributed by atoms with van der Waals surface area (Å²) in [6.07, 6.45) is 6.94. The van der Waals surface area contributed by atoms with Gasteiger partial charge in [0.15, 0.2) is 0 Å². The van der Waals surface area contributed by atoms with Crippen molar-refractivity contribution in [1.82, 2.24) is 10.3 Å². The van der Waals surface area contributed by atoms with Crippen LogP contribution in [0.15, 0.2) is 17.7 Å². The predicted molar refractivity (Wildman–Crippen MR) is 77.5 cm³/mol. The van der Waals surface area contributed by atoms with Crippen molar-refractivity contribution < 1.29 is 9.84 Å². The molecule has 0 fully saturated rings. The van der Waals surface area contributed by atoms with Gasteiger partial charge >= 0.3 is 0 Å². The van der Waals surface area contributed by atoms with Gasteiger partial charge in [0.1, 0.15) is 0 Å². The maximum absolute atomic E-state index is 9.80. The maximum atomic E-state index is 9.80. The van der Waals surface area contributed by atoms with E-state index in [1.54, 1.807) is 11.3 Å². The van der Waals surface area contributed by atoms with Gasteiger partial charge in [0.2, 0.25) is 0 Å². The van der Waals surface area contributed by atoms with Crippen LogP contribution in [0, 0.1) is 6.92 Å². The minimum atomic E-state index is -0.428. The van der Waals surface area contributed by atoms with Gasteiger partial charge in [-0.1, -0.05) is 12.2 Å². The highest BCUT2D eigenvalue weighted by molar-refractivity contribution is 7.09. The molecular weight excluding hydrogens is 260 g/mol. The van der Waals surface area contributed by atoms with E-state index in [1.807, 2.05) is 12.4 Å². The number of hydrogen-bond donors (Lipinski definition) is 2. The smallest absolute Gasteiger partial charge is 0.0897 e. The van der Waals surface area contributed by atoms with Gasteiger partial charge in [-0.05, 0) is 19.8 Å². The summed E-state index contributed by atoms with van der Waals surface area (Å²) in [6, 6.07) is 0.495. The molecule has 106 valence electrons. The Morgan fingerprint density at radius 1 is 1.53 bits per heavy atom. The second kappa shape index (κ2) is 7.75. The van der Waals surface area contributed by atoms with Crippen molar-refractivity contribution in [3.8, 4) is 0 Å². The zero-order chi connectivity index (χ0) is 13.5. The lowest BCUT2D eigenvalue weighted by atomic mass is 10.2. The lowest BCUT2D eigenvalue weighted by Gasteiger charge is -2.16. The SMILES string of the molecule is Cc1ncsc1CCOCC(O)CNC1CC=CC1. The average molecular weight is 282 g/mol. The Morgan fingerprint density at radius 2 is 2.32 bits per heavy atom. The van der Waals surface area contributed by atoms with E-state index < -0.39 is 6.10 Å². The third kappa shape index (κ3) is 5.03. The van der Waals surface area contributed by atoms with Crippen molar-refractivity contribution in [2.24, 2.45) is 0 Å². The number of ether oxygens (including phenoxy) is 1. The monoisotopic (exact) mass is 282 g/mol. The zero-order valence-electron chi connectivity index (χ0n) is 11.3. The molecule has 1 unspecified atom stereocenters. The Hall–Kier alpha value is -0.750. The van der Waals surface area contributed by atoms with E-state index in [-0.39, 0.29) is 0 Å². The summed E-state index contributed by atoms with van der Waals surface area (Å²) in [5, 5.41) is 13.1. The minimum absolute atomic E-state index is 0.394. The molecule has 2 rings (SSSR count). The van der Waals surface area contributed by atoms with E-state index >= 15 is 0 Å². The summed E-state index contributed by atoms with van der Waals surface area (Å²) < 4.78 is 5.51. The zero-order valence-corrected chi connectivity index (χ0v) is 12.2. The van der Waals surface area contributed by atoms with Crippen molar-refractivity contribution >= 4 is 11.3 Å². The highest BCUT2D eigenvalue weighted by Gasteiger charge is 2.12. The van der Waals surface area contributed by atoms with Crippen LogP contribution in [0.5, 0.6) is 0 Å². The number of aromatic nitrogens is 1. The third-order valence-electron chi connectivity index (χ3n) is 3.28. The fourth-order valence-electron chi connectivity index (χ4n) is 2.10. The average Bonchev–Trinajstić information content (AvgIpc) is 3.04. The summed E-state index contributed by atoms with van der Waals surface area (Å²) in [5.74, 6) is 0. The van der Waals surface area contributed by atoms with Crippen LogP contribution < -0.4 is 5.32 Å². The number of rotatable bonds is 8. The number of aryl methyl sites for hydroxylation is 1. The van der Waals surface area contributed by atoms with Crippen LogP contribution >= 0.6 is 11.3 Å². The summed E-state index contributed by atoms with van der Waals surface area (Å²) in [7, 11) is 0. The second-order valence-corrected chi connectivity index (χ2v) is 5.83. The van der Waals surface area contributed by atoms with Crippen molar-refractivity contribution in [2.75, 3.05) is 19.8 Å². The molecule has 0 aromatic carbocycles. The fraction of sp³-hybridized carbons (Fsp3) is 0.643. The standard InChI is InChI=1S/C14H22N2O2S/c1-11-14(19-10-16-11)6-7-18-9-13(17)8-15-12-4-2-3-5-12/h2-3,10,12-13,15,17H,4-9H2,1H3. The number of nitrogens with zero attached hydrogens (tertiary/aromatic N) is 1. The molecule has 5 heteroatoms. The first-order chi connectivity index (χ1) is 9.25. The first kappa shape index (κ1) is 14.7. The first-order valence-corrected chi connectivity index (χ1v) is 7.67. The fourth-order valence-corrected chi connectivity index (χ4v) is 2.86. The normalized spacial score (nSPS) is 17.2. The van der Waals surface area contributed by atoms with Crippen LogP contribution in [0.4, 0.5) is 0 Å². The Balaban J connectivity index is 1.51. The molecule has 2 N–H and O–H groups in total. The van der Waals surface area contributed by atoms with E-state index in [9.17, 15) is 5.11 Å². The van der Waals surface area contributed by atoms with E-state index in [0.29, 0.717) is 25.8 Å². The van der Waals surface area contributed by atoms with Crippen LogP contribution in [-0.2, 0) is 11.2 Å². The van der Waals surface area contributed by atoms with E-state index in [0.717, 1.165) is 25.0 Å². The molecule has 1 aliphatic carbocycles. The Kier molecular flexibility index (Phi) is 5.97. The molecule has 1 aromatic heterocycles. The quantitative estimate of drug-likeness (QED) is 0.563. The number of thiazole rings is 1. The summed E-state index contributed by atoms with van der Waals surface area (Å²) in [5.41, 5.74) is 2.95. The van der Waals surface area contributed by atoms with Crippen molar-refractivity contribution in [1.29, 1.82) is 0 Å². The predicted octanol–water partition coefficient (Wildman–Crippen LogP) is 1.68. The number of aliphatic hydroxyl groups is 1. The largest absolute Gasteiger partial charge is 0.389 e. The van der Waals surface area contributed by atoms with Crippen molar-refractivity contribution in [3.63, 3.8) is 0 Å². The summed E-state index contributed by atoms with van der Waals surface area (Å²) in [6.45, 7) is 3.66. The first-order valence-electron chi connectivity index (χ1n) is 6.79. The lowest BCUT2D eigenvalue weighted by Crippen LogP contribution is -2.36. The molecule has 1 aliphatic rings. The van der Waals surface area contributed by atoms with E-state index in [2.05, 4.69) is 22.5 Å². The van der Waals surface area contributed by atoms with E-state index in [1.165, 1.54) is 4.88 Å². The van der Waals surface area contributed by atoms with Crippen LogP contribution in [0.25, 0.3) is 0 Å². The van der Waals surface area contributed by atoms with Gasteiger partial charge in [-0.2, -0.15) is 0 Å². The number of hydrogen-bond acceptors (Lipinski definition) is 5. The van der Waals surface area contributed by atoms with Gasteiger partial charge in [0.25, 0.3) is 0 Å². The molecule has 0 amide bonds. The van der Waals surface area contributed by atoms with Gasteiger partial charge in [0.05, 0.1) is 30.5 Å². The maximum Gasteiger partial charge on any atom is 0.0897 e. The Labute approximate surface area is 118 Å². The Morgan fingerprint density at radius 3 is 3.00 bits per heavy atom. The molecule has 0 spiro atoms. The van der Waals surface area contributed by atoms with Crippen LogP contribution in [0.3, 0.4) is 0 Å².